The van der Waals surface area contributed by atoms with Gasteiger partial charge in [0.2, 0.25) is 0 Å². The van der Waals surface area contributed by atoms with Crippen LogP contribution in [-0.2, 0) is 0 Å². The van der Waals surface area contributed by atoms with Crippen LogP contribution in [0.5, 0.6) is 0 Å². The highest BCUT2D eigenvalue weighted by Gasteiger charge is 1.98. The summed E-state index contributed by atoms with van der Waals surface area (Å²) in [6, 6.07) is 30.3. The van der Waals surface area contributed by atoms with Gasteiger partial charge in [0.25, 0.3) is 0 Å². The van der Waals surface area contributed by atoms with Crippen LogP contribution >= 0.6 is 0 Å². The maximum absolute atomic E-state index is 2.22. The minimum atomic E-state index is 1.33. The third kappa shape index (κ3) is 14.5. The Balaban J connectivity index is 0.000000288. The first-order chi connectivity index (χ1) is 21.4. The smallest absolute Gasteiger partial charge is 0.0392 e. The summed E-state index contributed by atoms with van der Waals surface area (Å²) in [5.41, 5.74) is 22.1. The van der Waals surface area contributed by atoms with Crippen molar-refractivity contribution in [2.45, 2.75) is 111 Å². The Morgan fingerprint density at radius 3 is 0.739 bits per heavy atom. The van der Waals surface area contributed by atoms with Crippen molar-refractivity contribution >= 4 is 0 Å². The molecule has 0 aromatic heterocycles. The molecule has 5 aromatic rings. The molecule has 0 atom stereocenters. The molecule has 0 aliphatic carbocycles. The second kappa shape index (κ2) is 19.6. The Kier molecular flexibility index (Phi) is 17.1. The van der Waals surface area contributed by atoms with E-state index in [1.807, 2.05) is 0 Å². The van der Waals surface area contributed by atoms with Crippen LogP contribution in [0.1, 0.15) is 89.0 Å². The van der Waals surface area contributed by atoms with E-state index >= 15 is 0 Å². The number of rotatable bonds is 0. The van der Waals surface area contributed by atoms with Crippen molar-refractivity contribution in [2.75, 3.05) is 0 Å². The highest BCUT2D eigenvalue weighted by molar-refractivity contribution is 5.38. The maximum atomic E-state index is 2.22. The van der Waals surface area contributed by atoms with Crippen LogP contribution in [0.15, 0.2) is 84.9 Å². The summed E-state index contributed by atoms with van der Waals surface area (Å²) in [4.78, 5) is 0. The van der Waals surface area contributed by atoms with Gasteiger partial charge in [0.05, 0.1) is 0 Å². The largest absolute Gasteiger partial charge is 0.0591 e. The minimum absolute atomic E-state index is 1.33. The van der Waals surface area contributed by atoms with Crippen molar-refractivity contribution < 1.29 is 0 Å². The Hall–Kier alpha value is -3.90. The summed E-state index contributed by atoms with van der Waals surface area (Å²) in [5.74, 6) is 0. The van der Waals surface area contributed by atoms with E-state index in [1.54, 1.807) is 0 Å². The number of benzene rings is 5. The van der Waals surface area contributed by atoms with Gasteiger partial charge in [0, 0.05) is 0 Å². The van der Waals surface area contributed by atoms with Crippen molar-refractivity contribution in [3.05, 3.63) is 174 Å². The Morgan fingerprint density at radius 1 is 0.196 bits per heavy atom. The van der Waals surface area contributed by atoms with Gasteiger partial charge in [-0.15, -0.1) is 0 Å². The fourth-order valence-electron chi connectivity index (χ4n) is 4.76. The zero-order valence-corrected chi connectivity index (χ0v) is 32.1. The number of hydrogen-bond acceptors (Lipinski definition) is 0. The van der Waals surface area contributed by atoms with E-state index in [9.17, 15) is 0 Å². The summed E-state index contributed by atoms with van der Waals surface area (Å²) in [6.07, 6.45) is 0. The van der Waals surface area contributed by atoms with Gasteiger partial charge in [-0.25, -0.2) is 0 Å². The first kappa shape index (κ1) is 40.1. The minimum Gasteiger partial charge on any atom is -0.0591 e. The molecule has 0 nitrogen and oxygen atoms in total. The molecule has 0 saturated heterocycles. The van der Waals surface area contributed by atoms with Crippen LogP contribution in [-0.4, -0.2) is 0 Å². The van der Waals surface area contributed by atoms with Crippen LogP contribution in [0.25, 0.3) is 0 Å². The lowest BCUT2D eigenvalue weighted by atomic mass is 10.0. The summed E-state index contributed by atoms with van der Waals surface area (Å²) < 4.78 is 0. The number of hydrogen-bond donors (Lipinski definition) is 0. The molecule has 0 saturated carbocycles. The normalized spacial score (nSPS) is 9.74. The Morgan fingerprint density at radius 2 is 0.457 bits per heavy atom. The zero-order valence-electron chi connectivity index (χ0n) is 32.1. The molecule has 0 fully saturated rings. The summed E-state index contributed by atoms with van der Waals surface area (Å²) in [5, 5.41) is 0. The zero-order chi connectivity index (χ0) is 35.1. The molecule has 0 heteroatoms. The molecule has 0 heterocycles. The quantitative estimate of drug-likeness (QED) is 0.163. The van der Waals surface area contributed by atoms with Crippen LogP contribution in [0.3, 0.4) is 0 Å². The van der Waals surface area contributed by atoms with Crippen molar-refractivity contribution in [3.63, 3.8) is 0 Å². The molecule has 0 aliphatic rings. The summed E-state index contributed by atoms with van der Waals surface area (Å²) >= 11 is 0. The lowest BCUT2D eigenvalue weighted by molar-refractivity contribution is 1.22. The molecule has 0 aliphatic heterocycles. The molecule has 0 unspecified atom stereocenters. The molecule has 0 bridgehead atoms. The lowest BCUT2D eigenvalue weighted by Crippen LogP contribution is -1.88. The first-order valence-electron chi connectivity index (χ1n) is 16.6. The molecular weight excluding hydrogens is 553 g/mol. The first-order valence-corrected chi connectivity index (χ1v) is 16.6. The standard InChI is InChI=1S/2C10H14.2C9H12.C8H10/c1-7-5-8(2)10(4)9(3)6-7;1-7-5-6-8(2)10(4)9(7)3;2*1-7-4-5-8(2)9(3)6-7;1-7-3-5-8(2)6-4-7/h2*5-6H,1-4H3;2*4-6H,1-3H3;3-6H,1-2H3. The average Bonchev–Trinajstić information content (AvgIpc) is 3.00. The van der Waals surface area contributed by atoms with Gasteiger partial charge < -0.3 is 0 Å². The predicted molar refractivity (Wildman–Crippen MR) is 208 cm³/mol. The lowest BCUT2D eigenvalue weighted by Gasteiger charge is -2.06. The van der Waals surface area contributed by atoms with Crippen LogP contribution < -0.4 is 0 Å². The van der Waals surface area contributed by atoms with E-state index in [0.717, 1.165) is 0 Å². The monoisotopic (exact) mass is 614 g/mol. The predicted octanol–water partition coefficient (Wildman–Crippen LogP) is 13.4. The van der Waals surface area contributed by atoms with Gasteiger partial charge in [-0.3, -0.25) is 0 Å². The molecule has 0 spiro atoms. The van der Waals surface area contributed by atoms with E-state index in [4.69, 9.17) is 0 Å². The molecule has 0 amide bonds. The van der Waals surface area contributed by atoms with Crippen molar-refractivity contribution in [2.24, 2.45) is 0 Å². The van der Waals surface area contributed by atoms with Crippen LogP contribution in [0, 0.1) is 111 Å². The second-order valence-corrected chi connectivity index (χ2v) is 13.3. The SMILES string of the molecule is Cc1cc(C)c(C)c(C)c1.Cc1ccc(C)c(C)c1.Cc1ccc(C)c(C)c1.Cc1ccc(C)c(C)c1C.Cc1ccc(C)cc1. The van der Waals surface area contributed by atoms with Gasteiger partial charge in [0.1, 0.15) is 0 Å². The average molecular weight is 615 g/mol. The van der Waals surface area contributed by atoms with Gasteiger partial charge in [-0.2, -0.15) is 0 Å². The van der Waals surface area contributed by atoms with Gasteiger partial charge in [0.15, 0.2) is 0 Å². The van der Waals surface area contributed by atoms with Crippen LogP contribution in [0.2, 0.25) is 0 Å². The van der Waals surface area contributed by atoms with E-state index in [-0.39, 0.29) is 0 Å². The third-order valence-electron chi connectivity index (χ3n) is 8.94. The molecule has 0 radical (unpaired) electrons. The second-order valence-electron chi connectivity index (χ2n) is 13.3. The van der Waals surface area contributed by atoms with Crippen molar-refractivity contribution in [1.82, 2.24) is 0 Å². The third-order valence-corrected chi connectivity index (χ3v) is 8.94. The highest BCUT2D eigenvalue weighted by atomic mass is 14.0. The van der Waals surface area contributed by atoms with Gasteiger partial charge >= 0.3 is 0 Å². The molecule has 246 valence electrons. The topological polar surface area (TPSA) is 0 Å². The molecule has 5 rings (SSSR count). The van der Waals surface area contributed by atoms with Gasteiger partial charge in [-0.1, -0.05) is 113 Å². The van der Waals surface area contributed by atoms with E-state index in [0.29, 0.717) is 0 Å². The van der Waals surface area contributed by atoms with Crippen molar-refractivity contribution in [1.29, 1.82) is 0 Å². The maximum Gasteiger partial charge on any atom is -0.0392 e. The summed E-state index contributed by atoms with van der Waals surface area (Å²) in [6.45, 7) is 34.3. The highest BCUT2D eigenvalue weighted by Crippen LogP contribution is 2.16. The van der Waals surface area contributed by atoms with E-state index in [1.165, 1.54) is 89.0 Å². The Labute approximate surface area is 284 Å². The fraction of sp³-hybridized carbons (Fsp3) is 0.348. The van der Waals surface area contributed by atoms with Crippen LogP contribution in [0.4, 0.5) is 0 Å². The molecule has 0 N–H and O–H groups in total. The van der Waals surface area contributed by atoms with Crippen molar-refractivity contribution in [3.8, 4) is 0 Å². The van der Waals surface area contributed by atoms with E-state index in [2.05, 4.69) is 196 Å². The fourth-order valence-corrected chi connectivity index (χ4v) is 4.76. The summed E-state index contributed by atoms with van der Waals surface area (Å²) in [7, 11) is 0. The molecule has 5 aromatic carbocycles. The van der Waals surface area contributed by atoms with E-state index < -0.39 is 0 Å². The molecular formula is C46H62. The Bertz CT molecular complexity index is 1540. The van der Waals surface area contributed by atoms with Gasteiger partial charge in [-0.05, 0) is 172 Å². The number of aryl methyl sites for hydroxylation is 13. The molecule has 46 heavy (non-hydrogen) atoms.